The van der Waals surface area contributed by atoms with Gasteiger partial charge in [-0.05, 0) is 84.3 Å². The minimum Gasteiger partial charge on any atom is -0.462 e. The Hall–Kier alpha value is -3.44. The van der Waals surface area contributed by atoms with Crippen molar-refractivity contribution in [2.45, 2.75) is 82.8 Å². The predicted octanol–water partition coefficient (Wildman–Crippen LogP) is 5.89. The van der Waals surface area contributed by atoms with E-state index in [4.69, 9.17) is 14.2 Å². The van der Waals surface area contributed by atoms with Gasteiger partial charge in [0, 0.05) is 19.2 Å². The Morgan fingerprint density at radius 3 is 2.25 bits per heavy atom. The summed E-state index contributed by atoms with van der Waals surface area (Å²) in [5.41, 5.74) is 1.18. The third kappa shape index (κ3) is 7.61. The fourth-order valence-corrected chi connectivity index (χ4v) is 5.35. The van der Waals surface area contributed by atoms with Crippen LogP contribution in [0, 0.1) is 0 Å². The van der Waals surface area contributed by atoms with Gasteiger partial charge in [-0.3, -0.25) is 4.79 Å². The summed E-state index contributed by atoms with van der Waals surface area (Å²) in [6.45, 7) is 9.88. The van der Waals surface area contributed by atoms with Crippen LogP contribution >= 0.6 is 0 Å². The van der Waals surface area contributed by atoms with Crippen LogP contribution < -0.4 is 10.1 Å². The molecule has 10 heteroatoms. The van der Waals surface area contributed by atoms with E-state index in [-0.39, 0.29) is 23.6 Å². The number of carbonyl (C=O) groups excluding carboxylic acids is 1. The van der Waals surface area contributed by atoms with Crippen molar-refractivity contribution < 1.29 is 42.4 Å². The van der Waals surface area contributed by atoms with Gasteiger partial charge < -0.3 is 29.7 Å². The standard InChI is InChI=1S/C34H40F3NO6/c1-32(2,3)23-13-10-21(11-14-23)30(41)38-17-16-20-12-15-25(19-26(20)22-8-7-9-24(18-22)34(35,36)37)43-31-28(40)27(39)29(42-6)33(4,5)44-31/h7-15,18-19,27-29,31,39-40H,16-17H2,1-6H3,(H,38,41)/t27-,28+,29+,31+/m0/s1. The lowest BCUT2D eigenvalue weighted by Gasteiger charge is -2.46. The molecule has 1 heterocycles. The van der Waals surface area contributed by atoms with Crippen LogP contribution in [-0.2, 0) is 27.5 Å². The van der Waals surface area contributed by atoms with Crippen molar-refractivity contribution in [2.24, 2.45) is 0 Å². The molecule has 1 amide bonds. The second kappa shape index (κ2) is 12.9. The summed E-state index contributed by atoms with van der Waals surface area (Å²) < 4.78 is 57.9. The maximum absolute atomic E-state index is 13.6. The van der Waals surface area contributed by atoms with Crippen LogP contribution in [0.3, 0.4) is 0 Å². The molecule has 44 heavy (non-hydrogen) atoms. The van der Waals surface area contributed by atoms with Gasteiger partial charge in [-0.25, -0.2) is 0 Å². The molecule has 0 radical (unpaired) electrons. The van der Waals surface area contributed by atoms with E-state index < -0.39 is 41.9 Å². The smallest absolute Gasteiger partial charge is 0.416 e. The highest BCUT2D eigenvalue weighted by Gasteiger charge is 2.50. The molecule has 0 bridgehead atoms. The molecule has 0 spiro atoms. The maximum atomic E-state index is 13.6. The summed E-state index contributed by atoms with van der Waals surface area (Å²) in [6, 6.07) is 17.2. The van der Waals surface area contributed by atoms with Gasteiger partial charge in [0.25, 0.3) is 5.91 Å². The van der Waals surface area contributed by atoms with Crippen LogP contribution in [0.1, 0.15) is 61.7 Å². The van der Waals surface area contributed by atoms with Gasteiger partial charge in [-0.1, -0.05) is 51.1 Å². The van der Waals surface area contributed by atoms with E-state index in [9.17, 15) is 28.2 Å². The maximum Gasteiger partial charge on any atom is 0.416 e. The van der Waals surface area contributed by atoms with Gasteiger partial charge in [0.2, 0.25) is 6.29 Å². The molecule has 238 valence electrons. The summed E-state index contributed by atoms with van der Waals surface area (Å²) in [4.78, 5) is 12.8. The number of methoxy groups -OCH3 is 1. The number of aliphatic hydroxyl groups excluding tert-OH is 2. The number of rotatable bonds is 8. The van der Waals surface area contributed by atoms with Crippen molar-refractivity contribution in [1.82, 2.24) is 5.32 Å². The van der Waals surface area contributed by atoms with E-state index in [0.29, 0.717) is 28.7 Å². The summed E-state index contributed by atoms with van der Waals surface area (Å²) in [5.74, 6) is -0.0444. The minimum atomic E-state index is -4.54. The first-order valence-electron chi connectivity index (χ1n) is 14.4. The summed E-state index contributed by atoms with van der Waals surface area (Å²) in [6.07, 6.45) is -9.05. The molecule has 1 saturated heterocycles. The molecular weight excluding hydrogens is 575 g/mol. The molecule has 4 rings (SSSR count). The number of benzene rings is 3. The first-order chi connectivity index (χ1) is 20.5. The van der Waals surface area contributed by atoms with Crippen LogP contribution in [0.15, 0.2) is 66.7 Å². The average molecular weight is 616 g/mol. The lowest BCUT2D eigenvalue weighted by atomic mass is 9.87. The quantitative estimate of drug-likeness (QED) is 0.292. The number of aliphatic hydroxyl groups is 2. The highest BCUT2D eigenvalue weighted by molar-refractivity contribution is 5.94. The lowest BCUT2D eigenvalue weighted by molar-refractivity contribution is -0.305. The third-order valence-corrected chi connectivity index (χ3v) is 7.83. The molecule has 1 fully saturated rings. The largest absolute Gasteiger partial charge is 0.462 e. The Balaban J connectivity index is 1.58. The van der Waals surface area contributed by atoms with E-state index in [1.165, 1.54) is 13.2 Å². The Kier molecular flexibility index (Phi) is 9.80. The zero-order valence-corrected chi connectivity index (χ0v) is 25.7. The van der Waals surface area contributed by atoms with Crippen molar-refractivity contribution in [1.29, 1.82) is 0 Å². The third-order valence-electron chi connectivity index (χ3n) is 7.83. The molecule has 3 aromatic rings. The van der Waals surface area contributed by atoms with E-state index in [0.717, 1.165) is 17.7 Å². The molecule has 0 aromatic heterocycles. The Labute approximate surface area is 256 Å². The number of hydrogen-bond acceptors (Lipinski definition) is 6. The zero-order chi connectivity index (χ0) is 32.4. The highest BCUT2D eigenvalue weighted by atomic mass is 19.4. The highest BCUT2D eigenvalue weighted by Crippen LogP contribution is 2.37. The van der Waals surface area contributed by atoms with Gasteiger partial charge >= 0.3 is 6.18 Å². The van der Waals surface area contributed by atoms with Gasteiger partial charge in [0.05, 0.1) is 11.2 Å². The Bertz CT molecular complexity index is 1450. The van der Waals surface area contributed by atoms with Crippen LogP contribution in [0.4, 0.5) is 13.2 Å². The van der Waals surface area contributed by atoms with Gasteiger partial charge in [0.1, 0.15) is 24.1 Å². The number of hydrogen-bond donors (Lipinski definition) is 3. The molecule has 7 nitrogen and oxygen atoms in total. The summed E-state index contributed by atoms with van der Waals surface area (Å²) in [7, 11) is 1.40. The number of nitrogens with one attached hydrogen (secondary N) is 1. The first kappa shape index (κ1) is 33.5. The molecule has 1 aliphatic rings. The topological polar surface area (TPSA) is 97.3 Å². The van der Waals surface area contributed by atoms with Crippen molar-refractivity contribution >= 4 is 5.91 Å². The zero-order valence-electron chi connectivity index (χ0n) is 25.7. The number of amides is 1. The molecule has 3 aromatic carbocycles. The van der Waals surface area contributed by atoms with E-state index in [2.05, 4.69) is 26.1 Å². The number of carbonyl (C=O) groups is 1. The average Bonchev–Trinajstić information content (AvgIpc) is 2.95. The van der Waals surface area contributed by atoms with Crippen LogP contribution in [-0.4, -0.2) is 60.0 Å². The molecule has 0 aliphatic carbocycles. The second-order valence-electron chi connectivity index (χ2n) is 12.6. The van der Waals surface area contributed by atoms with E-state index in [1.54, 1.807) is 50.2 Å². The molecular formula is C34H40F3NO6. The van der Waals surface area contributed by atoms with Crippen LogP contribution in [0.2, 0.25) is 0 Å². The van der Waals surface area contributed by atoms with Gasteiger partial charge in [0.15, 0.2) is 0 Å². The Morgan fingerprint density at radius 2 is 1.64 bits per heavy atom. The molecule has 1 aliphatic heterocycles. The van der Waals surface area contributed by atoms with Gasteiger partial charge in [-0.15, -0.1) is 0 Å². The normalized spacial score (nSPS) is 22.0. The predicted molar refractivity (Wildman–Crippen MR) is 160 cm³/mol. The number of halogens is 3. The Morgan fingerprint density at radius 1 is 0.955 bits per heavy atom. The number of ether oxygens (including phenoxy) is 3. The molecule has 4 atom stereocenters. The minimum absolute atomic E-state index is 0.0474. The lowest BCUT2D eigenvalue weighted by Crippen LogP contribution is -2.63. The van der Waals surface area contributed by atoms with E-state index >= 15 is 0 Å². The SMILES string of the molecule is CO[C@@H]1[C@@H](O)[C@@H](O)[C@H](Oc2ccc(CCNC(=O)c3ccc(C(C)(C)C)cc3)c(-c3cccc(C(F)(F)F)c3)c2)OC1(C)C. The first-order valence-corrected chi connectivity index (χ1v) is 14.4. The number of alkyl halides is 3. The summed E-state index contributed by atoms with van der Waals surface area (Å²) in [5, 5.41) is 24.2. The van der Waals surface area contributed by atoms with E-state index in [1.807, 2.05) is 12.1 Å². The van der Waals surface area contributed by atoms with Crippen molar-refractivity contribution in [2.75, 3.05) is 13.7 Å². The van der Waals surface area contributed by atoms with Crippen molar-refractivity contribution in [3.63, 3.8) is 0 Å². The summed E-state index contributed by atoms with van der Waals surface area (Å²) >= 11 is 0. The monoisotopic (exact) mass is 615 g/mol. The van der Waals surface area contributed by atoms with Crippen LogP contribution in [0.5, 0.6) is 5.75 Å². The van der Waals surface area contributed by atoms with Crippen molar-refractivity contribution in [3.8, 4) is 16.9 Å². The molecule has 0 saturated carbocycles. The molecule has 0 unspecified atom stereocenters. The van der Waals surface area contributed by atoms with Crippen molar-refractivity contribution in [3.05, 3.63) is 89.0 Å². The molecule has 3 N–H and O–H groups in total. The second-order valence-corrected chi connectivity index (χ2v) is 12.6. The van der Waals surface area contributed by atoms with Crippen LogP contribution in [0.25, 0.3) is 11.1 Å². The van der Waals surface area contributed by atoms with Gasteiger partial charge in [-0.2, -0.15) is 13.2 Å². The fraction of sp³-hybridized carbons (Fsp3) is 0.441. The fourth-order valence-electron chi connectivity index (χ4n) is 5.35.